The van der Waals surface area contributed by atoms with Crippen LogP contribution in [0.4, 0.5) is 8.78 Å². The lowest BCUT2D eigenvalue weighted by molar-refractivity contribution is 0.103. The SMILES string of the molecule is O=C(c1ccc(F)c(F)c1)c1cccc2ncccc12. The smallest absolute Gasteiger partial charge is 0.193 e. The third kappa shape index (κ3) is 2.05. The Hall–Kier alpha value is -2.62. The fourth-order valence-corrected chi connectivity index (χ4v) is 2.09. The van der Waals surface area contributed by atoms with E-state index in [0.717, 1.165) is 12.1 Å². The molecule has 0 spiro atoms. The summed E-state index contributed by atoms with van der Waals surface area (Å²) < 4.78 is 26.2. The van der Waals surface area contributed by atoms with Crippen molar-refractivity contribution in [2.75, 3.05) is 0 Å². The van der Waals surface area contributed by atoms with E-state index in [1.807, 2.05) is 0 Å². The second kappa shape index (κ2) is 4.81. The van der Waals surface area contributed by atoms with Gasteiger partial charge >= 0.3 is 0 Å². The lowest BCUT2D eigenvalue weighted by Gasteiger charge is -2.05. The van der Waals surface area contributed by atoms with Gasteiger partial charge < -0.3 is 0 Å². The molecular weight excluding hydrogens is 260 g/mol. The second-order valence-electron chi connectivity index (χ2n) is 4.33. The van der Waals surface area contributed by atoms with Crippen LogP contribution in [0.15, 0.2) is 54.7 Å². The molecular formula is C16H9F2NO. The van der Waals surface area contributed by atoms with Gasteiger partial charge in [0.05, 0.1) is 5.52 Å². The largest absolute Gasteiger partial charge is 0.289 e. The lowest BCUT2D eigenvalue weighted by atomic mass is 9.99. The second-order valence-corrected chi connectivity index (χ2v) is 4.33. The topological polar surface area (TPSA) is 30.0 Å². The Morgan fingerprint density at radius 1 is 0.950 bits per heavy atom. The Bertz CT molecular complexity index is 809. The summed E-state index contributed by atoms with van der Waals surface area (Å²) >= 11 is 0. The molecule has 0 bridgehead atoms. The Morgan fingerprint density at radius 3 is 2.60 bits per heavy atom. The minimum absolute atomic E-state index is 0.111. The average molecular weight is 269 g/mol. The zero-order valence-corrected chi connectivity index (χ0v) is 10.3. The van der Waals surface area contributed by atoms with E-state index in [-0.39, 0.29) is 11.3 Å². The average Bonchev–Trinajstić information content (AvgIpc) is 2.49. The number of ketones is 1. The Balaban J connectivity index is 2.15. The standard InChI is InChI=1S/C16H9F2NO/c17-13-7-6-10(9-14(13)18)16(20)12-3-1-5-15-11(12)4-2-8-19-15/h1-9H. The van der Waals surface area contributed by atoms with Crippen LogP contribution in [0.2, 0.25) is 0 Å². The number of halogens is 2. The van der Waals surface area contributed by atoms with Crippen molar-refractivity contribution in [3.8, 4) is 0 Å². The van der Waals surface area contributed by atoms with Crippen LogP contribution in [0, 0.1) is 11.6 Å². The monoisotopic (exact) mass is 269 g/mol. The van der Waals surface area contributed by atoms with Crippen molar-refractivity contribution < 1.29 is 13.6 Å². The highest BCUT2D eigenvalue weighted by Crippen LogP contribution is 2.20. The van der Waals surface area contributed by atoms with Gasteiger partial charge in [-0.05, 0) is 30.3 Å². The molecule has 3 aromatic rings. The van der Waals surface area contributed by atoms with E-state index in [2.05, 4.69) is 4.98 Å². The van der Waals surface area contributed by atoms with Crippen LogP contribution in [-0.4, -0.2) is 10.8 Å². The maximum absolute atomic E-state index is 13.2. The molecule has 0 atom stereocenters. The van der Waals surface area contributed by atoms with Crippen molar-refractivity contribution in [1.29, 1.82) is 0 Å². The first-order valence-corrected chi connectivity index (χ1v) is 6.00. The van der Waals surface area contributed by atoms with Crippen LogP contribution >= 0.6 is 0 Å². The molecule has 0 saturated carbocycles. The van der Waals surface area contributed by atoms with E-state index >= 15 is 0 Å². The predicted octanol–water partition coefficient (Wildman–Crippen LogP) is 3.74. The van der Waals surface area contributed by atoms with E-state index < -0.39 is 11.6 Å². The molecule has 1 aromatic heterocycles. The first-order valence-electron chi connectivity index (χ1n) is 6.00. The third-order valence-corrected chi connectivity index (χ3v) is 3.07. The van der Waals surface area contributed by atoms with E-state index in [4.69, 9.17) is 0 Å². The van der Waals surface area contributed by atoms with E-state index in [1.165, 1.54) is 6.07 Å². The molecule has 0 aliphatic carbocycles. The van der Waals surface area contributed by atoms with Crippen LogP contribution < -0.4 is 0 Å². The number of carbonyl (C=O) groups is 1. The summed E-state index contributed by atoms with van der Waals surface area (Å²) in [7, 11) is 0. The fraction of sp³-hybridized carbons (Fsp3) is 0. The molecule has 98 valence electrons. The molecule has 0 radical (unpaired) electrons. The van der Waals surface area contributed by atoms with Gasteiger partial charge in [-0.2, -0.15) is 0 Å². The molecule has 20 heavy (non-hydrogen) atoms. The summed E-state index contributed by atoms with van der Waals surface area (Å²) in [6.07, 6.45) is 1.63. The maximum Gasteiger partial charge on any atom is 0.193 e. The van der Waals surface area contributed by atoms with Gasteiger partial charge in [0.15, 0.2) is 17.4 Å². The summed E-state index contributed by atoms with van der Waals surface area (Å²) in [4.78, 5) is 16.6. The Kier molecular flexibility index (Phi) is 2.99. The molecule has 0 aliphatic heterocycles. The van der Waals surface area contributed by atoms with Crippen LogP contribution in [0.3, 0.4) is 0 Å². The molecule has 0 amide bonds. The third-order valence-electron chi connectivity index (χ3n) is 3.07. The van der Waals surface area contributed by atoms with Gasteiger partial charge in [-0.1, -0.05) is 18.2 Å². The summed E-state index contributed by atoms with van der Waals surface area (Å²) in [5, 5.41) is 0.685. The quantitative estimate of drug-likeness (QED) is 0.663. The van der Waals surface area contributed by atoms with Crippen LogP contribution in [0.25, 0.3) is 10.9 Å². The summed E-state index contributed by atoms with van der Waals surface area (Å²) in [5.74, 6) is -2.36. The zero-order valence-electron chi connectivity index (χ0n) is 10.3. The fourth-order valence-electron chi connectivity index (χ4n) is 2.09. The van der Waals surface area contributed by atoms with Crippen molar-refractivity contribution in [2.45, 2.75) is 0 Å². The van der Waals surface area contributed by atoms with E-state index in [0.29, 0.717) is 16.5 Å². The van der Waals surface area contributed by atoms with E-state index in [9.17, 15) is 13.6 Å². The van der Waals surface area contributed by atoms with Gasteiger partial charge in [0, 0.05) is 22.7 Å². The number of hydrogen-bond acceptors (Lipinski definition) is 2. The first kappa shape index (κ1) is 12.4. The zero-order chi connectivity index (χ0) is 14.1. The first-order chi connectivity index (χ1) is 9.66. The minimum Gasteiger partial charge on any atom is -0.289 e. The van der Waals surface area contributed by atoms with Crippen molar-refractivity contribution in [3.05, 3.63) is 77.5 Å². The summed E-state index contributed by atoms with van der Waals surface area (Å²) in [5.41, 5.74) is 1.21. The molecule has 0 aliphatic rings. The lowest BCUT2D eigenvalue weighted by Crippen LogP contribution is -2.03. The molecule has 0 saturated heterocycles. The Labute approximate surface area is 113 Å². The number of hydrogen-bond donors (Lipinski definition) is 0. The molecule has 1 heterocycles. The number of rotatable bonds is 2. The van der Waals surface area contributed by atoms with Crippen LogP contribution in [0.1, 0.15) is 15.9 Å². The van der Waals surface area contributed by atoms with Gasteiger partial charge in [-0.25, -0.2) is 8.78 Å². The predicted molar refractivity (Wildman–Crippen MR) is 71.5 cm³/mol. The van der Waals surface area contributed by atoms with Gasteiger partial charge in [-0.3, -0.25) is 9.78 Å². The molecule has 4 heteroatoms. The van der Waals surface area contributed by atoms with Crippen molar-refractivity contribution in [1.82, 2.24) is 4.98 Å². The van der Waals surface area contributed by atoms with E-state index in [1.54, 1.807) is 36.5 Å². The molecule has 0 fully saturated rings. The highest BCUT2D eigenvalue weighted by molar-refractivity contribution is 6.15. The van der Waals surface area contributed by atoms with Gasteiger partial charge in [0.1, 0.15) is 0 Å². The molecule has 0 unspecified atom stereocenters. The summed E-state index contributed by atoms with van der Waals surface area (Å²) in [6.45, 7) is 0. The number of aromatic nitrogens is 1. The summed E-state index contributed by atoms with van der Waals surface area (Å²) in [6, 6.07) is 11.8. The molecule has 2 nitrogen and oxygen atoms in total. The number of fused-ring (bicyclic) bond motifs is 1. The molecule has 2 aromatic carbocycles. The maximum atomic E-state index is 13.2. The number of nitrogens with zero attached hydrogens (tertiary/aromatic N) is 1. The van der Waals surface area contributed by atoms with Crippen molar-refractivity contribution in [2.24, 2.45) is 0 Å². The normalized spacial score (nSPS) is 10.7. The van der Waals surface area contributed by atoms with Crippen LogP contribution in [0.5, 0.6) is 0 Å². The van der Waals surface area contributed by atoms with Crippen LogP contribution in [-0.2, 0) is 0 Å². The van der Waals surface area contributed by atoms with Crippen molar-refractivity contribution >= 4 is 16.7 Å². The minimum atomic E-state index is -1.03. The van der Waals surface area contributed by atoms with Gasteiger partial charge in [-0.15, -0.1) is 0 Å². The highest BCUT2D eigenvalue weighted by Gasteiger charge is 2.14. The highest BCUT2D eigenvalue weighted by atomic mass is 19.2. The molecule has 3 rings (SSSR count). The number of carbonyl (C=O) groups excluding carboxylic acids is 1. The van der Waals surface area contributed by atoms with Crippen molar-refractivity contribution in [3.63, 3.8) is 0 Å². The molecule has 0 N–H and O–H groups in total. The number of pyridine rings is 1. The van der Waals surface area contributed by atoms with Gasteiger partial charge in [0.2, 0.25) is 0 Å². The number of benzene rings is 2. The Morgan fingerprint density at radius 2 is 1.80 bits per heavy atom. The van der Waals surface area contributed by atoms with Gasteiger partial charge in [0.25, 0.3) is 0 Å².